The summed E-state index contributed by atoms with van der Waals surface area (Å²) in [6.07, 6.45) is -8.79. The van der Waals surface area contributed by atoms with Crippen LogP contribution < -0.4 is 4.74 Å². The zero-order valence-corrected chi connectivity index (χ0v) is 19.0. The molecule has 3 heterocycles. The Hall–Kier alpha value is -2.73. The van der Waals surface area contributed by atoms with Gasteiger partial charge in [0, 0.05) is 45.5 Å². The molecule has 1 fully saturated rings. The number of aromatic nitrogens is 1. The van der Waals surface area contributed by atoms with E-state index in [2.05, 4.69) is 9.64 Å². The molecule has 0 saturated carbocycles. The van der Waals surface area contributed by atoms with E-state index in [1.54, 1.807) is 7.11 Å². The van der Waals surface area contributed by atoms with Crippen molar-refractivity contribution in [2.75, 3.05) is 39.9 Å². The Kier molecular flexibility index (Phi) is 6.80. The summed E-state index contributed by atoms with van der Waals surface area (Å²) in [5, 5.41) is 0. The minimum Gasteiger partial charge on any atom is -0.405 e. The Balaban J connectivity index is 1.60. The normalized spacial score (nSPS) is 18.5. The molecule has 0 aliphatic carbocycles. The molecule has 0 N–H and O–H groups in total. The number of hydrogen-bond donors (Lipinski definition) is 0. The van der Waals surface area contributed by atoms with E-state index >= 15 is 0 Å². The first-order chi connectivity index (χ1) is 16.5. The van der Waals surface area contributed by atoms with Crippen molar-refractivity contribution in [2.45, 2.75) is 37.5 Å². The summed E-state index contributed by atoms with van der Waals surface area (Å²) in [4.78, 5) is 16.6. The van der Waals surface area contributed by atoms with E-state index in [0.29, 0.717) is 38.2 Å². The standard InChI is InChI=1S/C23H25F6N3O3/c1-34-15-14-31-12-13-32-18(6-7-19(32)22(24,25)26)21(31)8-10-30(11-9-21)20(33)16-4-2-3-5-17(16)35-23(27,28)29/h2-7H,8-15H2,1H3. The molecule has 0 atom stereocenters. The molecule has 6 nitrogen and oxygen atoms in total. The topological polar surface area (TPSA) is 46.9 Å². The van der Waals surface area contributed by atoms with Gasteiger partial charge in [0.05, 0.1) is 17.7 Å². The van der Waals surface area contributed by atoms with Gasteiger partial charge in [0.1, 0.15) is 11.4 Å². The molecule has 0 radical (unpaired) electrons. The molecule has 2 aromatic rings. The van der Waals surface area contributed by atoms with Gasteiger partial charge < -0.3 is 18.9 Å². The highest BCUT2D eigenvalue weighted by atomic mass is 19.4. The maximum Gasteiger partial charge on any atom is 0.573 e. The van der Waals surface area contributed by atoms with Crippen LogP contribution >= 0.6 is 0 Å². The first kappa shape index (κ1) is 25.4. The van der Waals surface area contributed by atoms with Crippen molar-refractivity contribution in [3.8, 4) is 5.75 Å². The van der Waals surface area contributed by atoms with E-state index in [4.69, 9.17) is 4.74 Å². The van der Waals surface area contributed by atoms with Crippen molar-refractivity contribution in [2.24, 2.45) is 0 Å². The SMILES string of the molecule is COCCN1CCn2c(C(F)(F)F)ccc2C12CCN(C(=O)c1ccccc1OC(F)(F)F)CC2. The van der Waals surface area contributed by atoms with Crippen molar-refractivity contribution in [3.05, 3.63) is 53.3 Å². The van der Waals surface area contributed by atoms with Crippen molar-refractivity contribution in [3.63, 3.8) is 0 Å². The number of methoxy groups -OCH3 is 1. The first-order valence-electron chi connectivity index (χ1n) is 11.1. The van der Waals surface area contributed by atoms with E-state index in [0.717, 1.165) is 12.1 Å². The van der Waals surface area contributed by atoms with Gasteiger partial charge in [-0.05, 0) is 37.1 Å². The molecule has 1 amide bonds. The van der Waals surface area contributed by atoms with Crippen LogP contribution in [0.4, 0.5) is 26.3 Å². The van der Waals surface area contributed by atoms with Crippen molar-refractivity contribution in [1.82, 2.24) is 14.4 Å². The van der Waals surface area contributed by atoms with Gasteiger partial charge in [0.2, 0.25) is 0 Å². The van der Waals surface area contributed by atoms with E-state index in [-0.39, 0.29) is 25.2 Å². The number of ether oxygens (including phenoxy) is 2. The third-order valence-corrected chi connectivity index (χ3v) is 6.73. The highest BCUT2D eigenvalue weighted by Crippen LogP contribution is 2.45. The number of likely N-dealkylation sites (tertiary alicyclic amines) is 1. The number of carbonyl (C=O) groups is 1. The van der Waals surface area contributed by atoms with E-state index in [1.165, 1.54) is 33.7 Å². The van der Waals surface area contributed by atoms with E-state index in [1.807, 2.05) is 0 Å². The first-order valence-corrected chi connectivity index (χ1v) is 11.1. The van der Waals surface area contributed by atoms with Crippen LogP contribution in [0.3, 0.4) is 0 Å². The maximum atomic E-state index is 13.6. The maximum absolute atomic E-state index is 13.6. The van der Waals surface area contributed by atoms with Crippen molar-refractivity contribution >= 4 is 5.91 Å². The van der Waals surface area contributed by atoms with Crippen LogP contribution in [0.1, 0.15) is 34.6 Å². The summed E-state index contributed by atoms with van der Waals surface area (Å²) in [7, 11) is 1.54. The lowest BCUT2D eigenvalue weighted by Gasteiger charge is -2.52. The Morgan fingerprint density at radius 1 is 0.971 bits per heavy atom. The van der Waals surface area contributed by atoms with Gasteiger partial charge in [-0.1, -0.05) is 12.1 Å². The predicted octanol–water partition coefficient (Wildman–Crippen LogP) is 4.50. The van der Waals surface area contributed by atoms with Crippen molar-refractivity contribution in [1.29, 1.82) is 0 Å². The smallest absolute Gasteiger partial charge is 0.405 e. The second-order valence-electron chi connectivity index (χ2n) is 8.60. The number of halogens is 6. The Labute approximate surface area is 198 Å². The number of alkyl halides is 6. The van der Waals surface area contributed by atoms with Crippen LogP contribution in [-0.4, -0.2) is 66.5 Å². The van der Waals surface area contributed by atoms with Gasteiger partial charge in [-0.15, -0.1) is 13.2 Å². The third-order valence-electron chi connectivity index (χ3n) is 6.73. The summed E-state index contributed by atoms with van der Waals surface area (Å²) in [5.74, 6) is -1.21. The molecule has 0 unspecified atom stereocenters. The molecule has 2 aliphatic heterocycles. The van der Waals surface area contributed by atoms with Crippen molar-refractivity contribution < 1.29 is 40.6 Å². The zero-order valence-electron chi connectivity index (χ0n) is 19.0. The Bertz CT molecular complexity index is 1060. The lowest BCUT2D eigenvalue weighted by atomic mass is 9.81. The molecule has 0 bridgehead atoms. The van der Waals surface area contributed by atoms with Gasteiger partial charge >= 0.3 is 12.5 Å². The number of piperidine rings is 1. The molecule has 192 valence electrons. The zero-order chi connectivity index (χ0) is 25.4. The predicted molar refractivity (Wildman–Crippen MR) is 113 cm³/mol. The lowest BCUT2D eigenvalue weighted by molar-refractivity contribution is -0.274. The highest BCUT2D eigenvalue weighted by Gasteiger charge is 2.48. The number of hydrogen-bond acceptors (Lipinski definition) is 4. The lowest BCUT2D eigenvalue weighted by Crippen LogP contribution is -2.58. The highest BCUT2D eigenvalue weighted by molar-refractivity contribution is 5.97. The Morgan fingerprint density at radius 2 is 1.66 bits per heavy atom. The quantitative estimate of drug-likeness (QED) is 0.562. The van der Waals surface area contributed by atoms with Gasteiger partial charge in [0.25, 0.3) is 5.91 Å². The number of rotatable bonds is 5. The number of para-hydroxylation sites is 1. The monoisotopic (exact) mass is 505 g/mol. The Morgan fingerprint density at radius 3 is 2.29 bits per heavy atom. The number of carbonyl (C=O) groups excluding carboxylic acids is 1. The summed E-state index contributed by atoms with van der Waals surface area (Å²) < 4.78 is 89.6. The molecular formula is C23H25F6N3O3. The summed E-state index contributed by atoms with van der Waals surface area (Å²) in [6, 6.07) is 7.70. The fourth-order valence-corrected chi connectivity index (χ4v) is 5.17. The van der Waals surface area contributed by atoms with Crippen LogP contribution in [0.25, 0.3) is 0 Å². The fraction of sp³-hybridized carbons (Fsp3) is 0.522. The van der Waals surface area contributed by atoms with Gasteiger partial charge in [-0.3, -0.25) is 9.69 Å². The van der Waals surface area contributed by atoms with Gasteiger partial charge in [-0.25, -0.2) is 0 Å². The van der Waals surface area contributed by atoms with Crippen LogP contribution in [0.5, 0.6) is 5.75 Å². The molecule has 12 heteroatoms. The molecular weight excluding hydrogens is 480 g/mol. The molecule has 35 heavy (non-hydrogen) atoms. The minimum atomic E-state index is -4.95. The molecule has 1 aromatic heterocycles. The number of nitrogens with zero attached hydrogens (tertiary/aromatic N) is 3. The average Bonchev–Trinajstić information content (AvgIpc) is 3.24. The van der Waals surface area contributed by atoms with Crippen LogP contribution in [0.2, 0.25) is 0 Å². The minimum absolute atomic E-state index is 0.162. The largest absolute Gasteiger partial charge is 0.573 e. The molecule has 4 rings (SSSR count). The second kappa shape index (κ2) is 9.38. The van der Waals surface area contributed by atoms with Crippen LogP contribution in [0.15, 0.2) is 36.4 Å². The second-order valence-corrected chi connectivity index (χ2v) is 8.60. The summed E-state index contributed by atoms with van der Waals surface area (Å²) in [6.45, 7) is 1.76. The van der Waals surface area contributed by atoms with E-state index in [9.17, 15) is 31.1 Å². The molecule has 1 aromatic carbocycles. The number of benzene rings is 1. The van der Waals surface area contributed by atoms with Gasteiger partial charge in [-0.2, -0.15) is 13.2 Å². The third kappa shape index (κ3) is 4.99. The molecule has 1 spiro atoms. The van der Waals surface area contributed by atoms with Crippen LogP contribution in [-0.2, 0) is 23.0 Å². The molecule has 2 aliphatic rings. The van der Waals surface area contributed by atoms with Gasteiger partial charge in [0.15, 0.2) is 0 Å². The average molecular weight is 505 g/mol. The van der Waals surface area contributed by atoms with E-state index < -0.39 is 35.4 Å². The number of fused-ring (bicyclic) bond motifs is 2. The summed E-state index contributed by atoms with van der Waals surface area (Å²) in [5.41, 5.74) is -1.16. The fourth-order valence-electron chi connectivity index (χ4n) is 5.17. The number of amides is 1. The summed E-state index contributed by atoms with van der Waals surface area (Å²) >= 11 is 0. The molecule has 1 saturated heterocycles. The van der Waals surface area contributed by atoms with Crippen LogP contribution in [0, 0.1) is 0 Å².